The van der Waals surface area contributed by atoms with Gasteiger partial charge >= 0.3 is 5.97 Å². The van der Waals surface area contributed by atoms with Crippen LogP contribution in [0.5, 0.6) is 0 Å². The average Bonchev–Trinajstić information content (AvgIpc) is 2.67. The molecule has 0 amide bonds. The van der Waals surface area contributed by atoms with Crippen LogP contribution in [-0.2, 0) is 4.74 Å². The Labute approximate surface area is 142 Å². The Morgan fingerprint density at radius 3 is 2.52 bits per heavy atom. The molecule has 0 radical (unpaired) electrons. The van der Waals surface area contributed by atoms with E-state index < -0.39 is 5.97 Å². The third kappa shape index (κ3) is 2.55. The maximum Gasteiger partial charge on any atom is 0.337 e. The number of benzene rings is 2. The number of ether oxygens (including phenoxy) is 1. The van der Waals surface area contributed by atoms with Crippen LogP contribution in [0, 0.1) is 0 Å². The topological polar surface area (TPSA) is 69.4 Å². The van der Waals surface area contributed by atoms with E-state index in [2.05, 4.69) is 9.72 Å². The summed E-state index contributed by atoms with van der Waals surface area (Å²) in [5.74, 6) is -0.393. The summed E-state index contributed by atoms with van der Waals surface area (Å²) in [5.41, 5.74) is 2.85. The number of methoxy groups -OCH3 is 1. The molecule has 0 unspecified atom stereocenters. The van der Waals surface area contributed by atoms with E-state index in [9.17, 15) is 9.59 Å². The van der Waals surface area contributed by atoms with E-state index in [1.165, 1.54) is 13.3 Å². The van der Waals surface area contributed by atoms with Crippen LogP contribution in [0.1, 0.15) is 10.4 Å². The van der Waals surface area contributed by atoms with Gasteiger partial charge in [0.05, 0.1) is 29.1 Å². The van der Waals surface area contributed by atoms with Gasteiger partial charge in [-0.2, -0.15) is 0 Å². The number of rotatable bonds is 2. The molecule has 0 atom stereocenters. The van der Waals surface area contributed by atoms with Crippen LogP contribution in [0.25, 0.3) is 33.2 Å². The summed E-state index contributed by atoms with van der Waals surface area (Å²) >= 11 is 0. The van der Waals surface area contributed by atoms with Crippen molar-refractivity contribution in [3.8, 4) is 11.3 Å². The lowest BCUT2D eigenvalue weighted by Gasteiger charge is -2.05. The number of hydrogen-bond acceptors (Lipinski definition) is 5. The molecule has 2 heterocycles. The molecule has 4 aromatic rings. The lowest BCUT2D eigenvalue weighted by Crippen LogP contribution is -2.03. The molecule has 2 aromatic heterocycles. The van der Waals surface area contributed by atoms with Gasteiger partial charge in [0, 0.05) is 17.8 Å². The minimum Gasteiger partial charge on any atom is -0.465 e. The van der Waals surface area contributed by atoms with Crippen molar-refractivity contribution in [1.82, 2.24) is 4.98 Å². The third-order valence-electron chi connectivity index (χ3n) is 4.06. The molecule has 0 aliphatic carbocycles. The van der Waals surface area contributed by atoms with Gasteiger partial charge in [-0.25, -0.2) is 4.79 Å². The quantitative estimate of drug-likeness (QED) is 0.413. The van der Waals surface area contributed by atoms with Gasteiger partial charge in [-0.15, -0.1) is 0 Å². The number of pyridine rings is 1. The zero-order valence-corrected chi connectivity index (χ0v) is 13.4. The van der Waals surface area contributed by atoms with Crippen LogP contribution in [0.4, 0.5) is 0 Å². The number of carbonyl (C=O) groups excluding carboxylic acids is 1. The number of para-hydroxylation sites is 1. The Morgan fingerprint density at radius 1 is 1.00 bits per heavy atom. The summed E-state index contributed by atoms with van der Waals surface area (Å²) in [4.78, 5) is 28.4. The predicted octanol–water partition coefficient (Wildman–Crippen LogP) is 3.79. The fourth-order valence-corrected chi connectivity index (χ4v) is 2.75. The Morgan fingerprint density at radius 2 is 1.76 bits per heavy atom. The summed E-state index contributed by atoms with van der Waals surface area (Å²) in [6.45, 7) is 0. The van der Waals surface area contributed by atoms with Gasteiger partial charge in [0.2, 0.25) is 5.43 Å². The Bertz CT molecular complexity index is 1160. The van der Waals surface area contributed by atoms with E-state index in [1.54, 1.807) is 48.5 Å². The summed E-state index contributed by atoms with van der Waals surface area (Å²) in [5, 5.41) is 0.973. The second-order valence-corrected chi connectivity index (χ2v) is 5.56. The molecule has 5 heteroatoms. The lowest BCUT2D eigenvalue weighted by molar-refractivity contribution is 0.0601. The second-order valence-electron chi connectivity index (χ2n) is 5.56. The minimum atomic E-state index is -0.393. The molecule has 0 spiro atoms. The maximum absolute atomic E-state index is 12.5. The van der Waals surface area contributed by atoms with E-state index >= 15 is 0 Å². The summed E-state index contributed by atoms with van der Waals surface area (Å²) < 4.78 is 10.5. The van der Waals surface area contributed by atoms with Crippen LogP contribution in [-0.4, -0.2) is 18.1 Å². The predicted molar refractivity (Wildman–Crippen MR) is 94.6 cm³/mol. The van der Waals surface area contributed by atoms with E-state index in [4.69, 9.17) is 4.42 Å². The second kappa shape index (κ2) is 5.87. The van der Waals surface area contributed by atoms with Crippen molar-refractivity contribution in [1.29, 1.82) is 0 Å². The van der Waals surface area contributed by atoms with Gasteiger partial charge in [-0.3, -0.25) is 9.78 Å². The summed E-state index contributed by atoms with van der Waals surface area (Å²) in [7, 11) is 1.34. The van der Waals surface area contributed by atoms with Crippen LogP contribution in [0.2, 0.25) is 0 Å². The van der Waals surface area contributed by atoms with E-state index in [1.807, 2.05) is 6.07 Å². The number of carbonyl (C=O) groups is 1. The van der Waals surface area contributed by atoms with Crippen molar-refractivity contribution in [2.24, 2.45) is 0 Å². The zero-order valence-electron chi connectivity index (χ0n) is 13.4. The highest BCUT2D eigenvalue weighted by molar-refractivity contribution is 5.91. The normalized spacial score (nSPS) is 10.9. The first-order valence-corrected chi connectivity index (χ1v) is 7.68. The third-order valence-corrected chi connectivity index (χ3v) is 4.06. The van der Waals surface area contributed by atoms with E-state index in [0.29, 0.717) is 33.2 Å². The molecular formula is C20H13NO4. The molecule has 0 N–H and O–H groups in total. The molecule has 0 bridgehead atoms. The zero-order chi connectivity index (χ0) is 17.4. The SMILES string of the molecule is COC(=O)c1ccc(-c2cc3oc4ccccc4c(=O)c3cn2)cc1. The molecule has 0 saturated carbocycles. The number of aromatic nitrogens is 1. The largest absolute Gasteiger partial charge is 0.465 e. The number of hydrogen-bond donors (Lipinski definition) is 0. The number of fused-ring (bicyclic) bond motifs is 2. The van der Waals surface area contributed by atoms with Crippen molar-refractivity contribution < 1.29 is 13.9 Å². The first-order chi connectivity index (χ1) is 12.2. The van der Waals surface area contributed by atoms with Crippen molar-refractivity contribution in [3.05, 3.63) is 76.6 Å². The Hall–Kier alpha value is -3.47. The minimum absolute atomic E-state index is 0.100. The van der Waals surface area contributed by atoms with Gasteiger partial charge in [0.15, 0.2) is 0 Å². The van der Waals surface area contributed by atoms with Crippen molar-refractivity contribution in [2.75, 3.05) is 7.11 Å². The van der Waals surface area contributed by atoms with Crippen molar-refractivity contribution >= 4 is 27.9 Å². The fourth-order valence-electron chi connectivity index (χ4n) is 2.75. The molecule has 2 aromatic carbocycles. The summed E-state index contributed by atoms with van der Waals surface area (Å²) in [6.07, 6.45) is 1.52. The van der Waals surface area contributed by atoms with Gasteiger partial charge < -0.3 is 9.15 Å². The first kappa shape index (κ1) is 15.1. The van der Waals surface area contributed by atoms with E-state index in [0.717, 1.165) is 5.56 Å². The fraction of sp³-hybridized carbons (Fsp3) is 0.0500. The molecular weight excluding hydrogens is 318 g/mol. The lowest BCUT2D eigenvalue weighted by atomic mass is 10.1. The Balaban J connectivity index is 1.85. The van der Waals surface area contributed by atoms with Gasteiger partial charge in [-0.05, 0) is 24.3 Å². The van der Waals surface area contributed by atoms with Gasteiger partial charge in [-0.1, -0.05) is 24.3 Å². The Kier molecular flexibility index (Phi) is 3.54. The molecule has 122 valence electrons. The number of esters is 1. The average molecular weight is 331 g/mol. The maximum atomic E-state index is 12.5. The molecule has 0 saturated heterocycles. The highest BCUT2D eigenvalue weighted by atomic mass is 16.5. The van der Waals surface area contributed by atoms with Crippen molar-refractivity contribution in [3.63, 3.8) is 0 Å². The monoisotopic (exact) mass is 331 g/mol. The van der Waals surface area contributed by atoms with Crippen LogP contribution in [0.15, 0.2) is 70.0 Å². The molecule has 4 rings (SSSR count). The highest BCUT2D eigenvalue weighted by Gasteiger charge is 2.10. The van der Waals surface area contributed by atoms with Crippen molar-refractivity contribution in [2.45, 2.75) is 0 Å². The van der Waals surface area contributed by atoms with Crippen LogP contribution in [0.3, 0.4) is 0 Å². The van der Waals surface area contributed by atoms with Crippen LogP contribution < -0.4 is 5.43 Å². The standard InChI is InChI=1S/C20H13NO4/c1-24-20(23)13-8-6-12(7-9-13)16-10-18-15(11-21-16)19(22)14-4-2-3-5-17(14)25-18/h2-11H,1H3. The smallest absolute Gasteiger partial charge is 0.337 e. The summed E-state index contributed by atoms with van der Waals surface area (Å²) in [6, 6.07) is 15.8. The van der Waals surface area contributed by atoms with Crippen LogP contribution >= 0.6 is 0 Å². The van der Waals surface area contributed by atoms with Gasteiger partial charge in [0.25, 0.3) is 0 Å². The molecule has 5 nitrogen and oxygen atoms in total. The van der Waals surface area contributed by atoms with Gasteiger partial charge in [0.1, 0.15) is 11.2 Å². The molecule has 25 heavy (non-hydrogen) atoms. The molecule has 0 aliphatic rings. The first-order valence-electron chi connectivity index (χ1n) is 7.68. The van der Waals surface area contributed by atoms with E-state index in [-0.39, 0.29) is 5.43 Å². The molecule has 0 fully saturated rings. The number of nitrogens with zero attached hydrogens (tertiary/aromatic N) is 1. The molecule has 0 aliphatic heterocycles. The highest BCUT2D eigenvalue weighted by Crippen LogP contribution is 2.23.